The average molecular weight is 420 g/mol. The lowest BCUT2D eigenvalue weighted by atomic mass is 9.92. The highest BCUT2D eigenvalue weighted by atomic mass is 16.5. The minimum Gasteiger partial charge on any atom is -0.452 e. The summed E-state index contributed by atoms with van der Waals surface area (Å²) in [5.41, 5.74) is 1.33. The highest BCUT2D eigenvalue weighted by Crippen LogP contribution is 2.28. The molecule has 0 radical (unpaired) electrons. The largest absolute Gasteiger partial charge is 0.452 e. The number of amides is 3. The lowest BCUT2D eigenvalue weighted by Gasteiger charge is -2.34. The second-order valence-electron chi connectivity index (χ2n) is 8.36. The van der Waals surface area contributed by atoms with Gasteiger partial charge >= 0.3 is 5.97 Å². The van der Waals surface area contributed by atoms with Gasteiger partial charge in [0.25, 0.3) is 17.7 Å². The van der Waals surface area contributed by atoms with Crippen molar-refractivity contribution in [2.45, 2.75) is 20.3 Å². The number of ether oxygens (including phenoxy) is 1. The van der Waals surface area contributed by atoms with E-state index in [-0.39, 0.29) is 18.1 Å². The number of imide groups is 1. The van der Waals surface area contributed by atoms with E-state index in [4.69, 9.17) is 4.74 Å². The molecule has 7 heteroatoms. The van der Waals surface area contributed by atoms with Crippen molar-refractivity contribution >= 4 is 29.4 Å². The van der Waals surface area contributed by atoms with Crippen molar-refractivity contribution < 1.29 is 23.9 Å². The SMILES string of the molecule is C[C@@H]1C[C@@H](C)CN(C(=O)COC(=O)c2ccc(N3C(=O)c4ccccc4C3=O)cc2)C1. The molecule has 1 saturated heterocycles. The Morgan fingerprint density at radius 2 is 1.45 bits per heavy atom. The highest BCUT2D eigenvalue weighted by Gasteiger charge is 2.36. The highest BCUT2D eigenvalue weighted by molar-refractivity contribution is 6.34. The molecule has 0 aliphatic carbocycles. The third-order valence-corrected chi connectivity index (χ3v) is 5.70. The van der Waals surface area contributed by atoms with E-state index >= 15 is 0 Å². The molecule has 0 spiro atoms. The molecule has 7 nitrogen and oxygen atoms in total. The summed E-state index contributed by atoms with van der Waals surface area (Å²) in [4.78, 5) is 52.7. The molecule has 0 aromatic heterocycles. The minimum atomic E-state index is -0.625. The smallest absolute Gasteiger partial charge is 0.338 e. The van der Waals surface area contributed by atoms with Crippen LogP contribution in [-0.2, 0) is 9.53 Å². The van der Waals surface area contributed by atoms with Crippen molar-refractivity contribution in [2.75, 3.05) is 24.6 Å². The molecule has 0 saturated carbocycles. The summed E-state index contributed by atoms with van der Waals surface area (Å²) >= 11 is 0. The number of nitrogens with zero attached hydrogens (tertiary/aromatic N) is 2. The number of anilines is 1. The first-order chi connectivity index (χ1) is 14.8. The summed E-state index contributed by atoms with van der Waals surface area (Å²) in [5, 5.41) is 0. The number of esters is 1. The normalized spacial score (nSPS) is 20.6. The maximum absolute atomic E-state index is 12.6. The van der Waals surface area contributed by atoms with Crippen LogP contribution in [0, 0.1) is 11.8 Å². The number of piperidine rings is 1. The topological polar surface area (TPSA) is 84.0 Å². The molecular weight excluding hydrogens is 396 g/mol. The summed E-state index contributed by atoms with van der Waals surface area (Å²) in [6.45, 7) is 5.26. The first-order valence-electron chi connectivity index (χ1n) is 10.4. The summed E-state index contributed by atoms with van der Waals surface area (Å²) < 4.78 is 5.19. The maximum Gasteiger partial charge on any atom is 0.338 e. The van der Waals surface area contributed by atoms with Crippen molar-refractivity contribution in [3.8, 4) is 0 Å². The fourth-order valence-electron chi connectivity index (χ4n) is 4.34. The molecule has 0 bridgehead atoms. The molecule has 1 fully saturated rings. The van der Waals surface area contributed by atoms with Gasteiger partial charge in [-0.15, -0.1) is 0 Å². The number of fused-ring (bicyclic) bond motifs is 1. The van der Waals surface area contributed by atoms with Crippen LogP contribution in [0.1, 0.15) is 51.3 Å². The zero-order chi connectivity index (χ0) is 22.1. The first-order valence-corrected chi connectivity index (χ1v) is 10.4. The van der Waals surface area contributed by atoms with Crippen molar-refractivity contribution in [2.24, 2.45) is 11.8 Å². The Morgan fingerprint density at radius 3 is 2.00 bits per heavy atom. The Balaban J connectivity index is 1.38. The number of rotatable bonds is 4. The quantitative estimate of drug-likeness (QED) is 0.560. The fourth-order valence-corrected chi connectivity index (χ4v) is 4.34. The Bertz CT molecular complexity index is 1000. The van der Waals surface area contributed by atoms with Crippen LogP contribution in [0.2, 0.25) is 0 Å². The molecule has 2 aromatic carbocycles. The minimum absolute atomic E-state index is 0.200. The molecule has 31 heavy (non-hydrogen) atoms. The summed E-state index contributed by atoms with van der Waals surface area (Å²) in [5.74, 6) is -0.760. The summed E-state index contributed by atoms with van der Waals surface area (Å²) in [7, 11) is 0. The molecule has 4 rings (SSSR count). The second kappa shape index (κ2) is 8.34. The van der Waals surface area contributed by atoms with E-state index in [9.17, 15) is 19.2 Å². The molecule has 2 aliphatic rings. The van der Waals surface area contributed by atoms with Crippen molar-refractivity contribution in [1.82, 2.24) is 4.90 Å². The van der Waals surface area contributed by atoms with E-state index in [0.717, 1.165) is 11.3 Å². The molecule has 3 amide bonds. The third kappa shape index (κ3) is 4.08. The molecule has 0 N–H and O–H groups in total. The predicted molar refractivity (Wildman–Crippen MR) is 114 cm³/mol. The van der Waals surface area contributed by atoms with Gasteiger partial charge in [-0.25, -0.2) is 9.69 Å². The maximum atomic E-state index is 12.6. The van der Waals surface area contributed by atoms with E-state index in [0.29, 0.717) is 41.7 Å². The van der Waals surface area contributed by atoms with Crippen LogP contribution >= 0.6 is 0 Å². The Labute approximate surface area is 180 Å². The predicted octanol–water partition coefficient (Wildman–Crippen LogP) is 3.15. The Kier molecular flexibility index (Phi) is 5.59. The lowest BCUT2D eigenvalue weighted by molar-refractivity contribution is -0.137. The fraction of sp³-hybridized carbons (Fsp3) is 0.333. The van der Waals surface area contributed by atoms with Gasteiger partial charge in [0.2, 0.25) is 0 Å². The van der Waals surface area contributed by atoms with Gasteiger partial charge < -0.3 is 9.64 Å². The third-order valence-electron chi connectivity index (χ3n) is 5.70. The van der Waals surface area contributed by atoms with Crippen molar-refractivity contribution in [3.05, 3.63) is 65.2 Å². The second-order valence-corrected chi connectivity index (χ2v) is 8.36. The standard InChI is InChI=1S/C24H24N2O5/c1-15-11-16(2)13-25(12-15)21(27)14-31-24(30)17-7-9-18(10-8-17)26-22(28)19-5-3-4-6-20(19)23(26)29/h3-10,15-16H,11-14H2,1-2H3/t15-,16-/m1/s1. The zero-order valence-corrected chi connectivity index (χ0v) is 17.5. The summed E-state index contributed by atoms with van der Waals surface area (Å²) in [6.07, 6.45) is 1.09. The van der Waals surface area contributed by atoms with E-state index < -0.39 is 17.8 Å². The van der Waals surface area contributed by atoms with Crippen LogP contribution in [0.5, 0.6) is 0 Å². The molecule has 2 aliphatic heterocycles. The number of carbonyl (C=O) groups excluding carboxylic acids is 4. The van der Waals surface area contributed by atoms with Gasteiger partial charge in [0, 0.05) is 13.1 Å². The van der Waals surface area contributed by atoms with E-state index in [1.807, 2.05) is 0 Å². The van der Waals surface area contributed by atoms with Crippen molar-refractivity contribution in [3.63, 3.8) is 0 Å². The van der Waals surface area contributed by atoms with Gasteiger partial charge in [0.05, 0.1) is 22.4 Å². The van der Waals surface area contributed by atoms with Gasteiger partial charge in [-0.1, -0.05) is 26.0 Å². The van der Waals surface area contributed by atoms with Gasteiger partial charge in [0.15, 0.2) is 6.61 Å². The van der Waals surface area contributed by atoms with E-state index in [2.05, 4.69) is 13.8 Å². The molecule has 2 atom stereocenters. The summed E-state index contributed by atoms with van der Waals surface area (Å²) in [6, 6.07) is 12.7. The van der Waals surface area contributed by atoms with Crippen LogP contribution in [-0.4, -0.2) is 48.3 Å². The number of carbonyl (C=O) groups is 4. The molecule has 160 valence electrons. The van der Waals surface area contributed by atoms with Crippen LogP contribution in [0.4, 0.5) is 5.69 Å². The number of likely N-dealkylation sites (tertiary alicyclic amines) is 1. The van der Waals surface area contributed by atoms with Gasteiger partial charge in [-0.2, -0.15) is 0 Å². The number of benzene rings is 2. The van der Waals surface area contributed by atoms with Crippen LogP contribution in [0.15, 0.2) is 48.5 Å². The molecule has 2 heterocycles. The Hall–Kier alpha value is -3.48. The molecular formula is C24H24N2O5. The number of hydrogen-bond acceptors (Lipinski definition) is 5. The van der Waals surface area contributed by atoms with Gasteiger partial charge in [-0.05, 0) is 54.7 Å². The molecule has 0 unspecified atom stereocenters. The lowest BCUT2D eigenvalue weighted by Crippen LogP contribution is -2.44. The zero-order valence-electron chi connectivity index (χ0n) is 17.5. The van der Waals surface area contributed by atoms with Crippen LogP contribution in [0.25, 0.3) is 0 Å². The average Bonchev–Trinajstić information content (AvgIpc) is 3.01. The molecule has 2 aromatic rings. The first kappa shape index (κ1) is 20.8. The van der Waals surface area contributed by atoms with Crippen LogP contribution in [0.3, 0.4) is 0 Å². The van der Waals surface area contributed by atoms with E-state index in [1.165, 1.54) is 24.3 Å². The van der Waals surface area contributed by atoms with Gasteiger partial charge in [-0.3, -0.25) is 14.4 Å². The van der Waals surface area contributed by atoms with Crippen molar-refractivity contribution in [1.29, 1.82) is 0 Å². The van der Waals surface area contributed by atoms with Crippen LogP contribution < -0.4 is 4.90 Å². The van der Waals surface area contributed by atoms with Gasteiger partial charge in [0.1, 0.15) is 0 Å². The number of hydrogen-bond donors (Lipinski definition) is 0. The Morgan fingerprint density at radius 1 is 0.903 bits per heavy atom. The monoisotopic (exact) mass is 420 g/mol. The van der Waals surface area contributed by atoms with E-state index in [1.54, 1.807) is 29.2 Å².